The molecule has 3 atom stereocenters. The van der Waals surface area contributed by atoms with Gasteiger partial charge in [-0.25, -0.2) is 4.79 Å². The Labute approximate surface area is 136 Å². The minimum absolute atomic E-state index is 0.0917. The van der Waals surface area contributed by atoms with Crippen molar-refractivity contribution in [2.24, 2.45) is 0 Å². The van der Waals surface area contributed by atoms with E-state index in [0.29, 0.717) is 25.9 Å². The summed E-state index contributed by atoms with van der Waals surface area (Å²) in [7, 11) is 0. The number of carbonyl (C=O) groups excluding carboxylic acids is 3. The van der Waals surface area contributed by atoms with E-state index in [2.05, 4.69) is 10.2 Å². The maximum atomic E-state index is 12.4. The molecule has 3 rings (SSSR count). The molecule has 0 aromatic heterocycles. The SMILES string of the molecule is CC(C)(C)OC(=O)N1C2CCC1CN(C1CCC(=O)NC1=O)C2. The molecule has 3 aliphatic rings. The van der Waals surface area contributed by atoms with Crippen LogP contribution in [0.2, 0.25) is 0 Å². The van der Waals surface area contributed by atoms with Gasteiger partial charge >= 0.3 is 6.09 Å². The highest BCUT2D eigenvalue weighted by molar-refractivity contribution is 6.00. The number of amides is 3. The quantitative estimate of drug-likeness (QED) is 0.725. The summed E-state index contributed by atoms with van der Waals surface area (Å²) in [4.78, 5) is 39.8. The van der Waals surface area contributed by atoms with Crippen LogP contribution in [0.1, 0.15) is 46.5 Å². The Morgan fingerprint density at radius 2 is 1.74 bits per heavy atom. The van der Waals surface area contributed by atoms with Gasteiger partial charge in [0.05, 0.1) is 6.04 Å². The van der Waals surface area contributed by atoms with Crippen molar-refractivity contribution in [2.45, 2.75) is 70.2 Å². The summed E-state index contributed by atoms with van der Waals surface area (Å²) >= 11 is 0. The number of hydrogen-bond donors (Lipinski definition) is 1. The third kappa shape index (κ3) is 3.34. The normalized spacial score (nSPS) is 32.0. The van der Waals surface area contributed by atoms with Crippen molar-refractivity contribution in [2.75, 3.05) is 13.1 Å². The van der Waals surface area contributed by atoms with E-state index < -0.39 is 5.60 Å². The number of nitrogens with one attached hydrogen (secondary N) is 1. The summed E-state index contributed by atoms with van der Waals surface area (Å²) in [6, 6.07) is -0.0698. The van der Waals surface area contributed by atoms with Gasteiger partial charge in [0.15, 0.2) is 0 Å². The van der Waals surface area contributed by atoms with E-state index in [1.807, 2.05) is 25.7 Å². The molecule has 7 nitrogen and oxygen atoms in total. The first-order valence-electron chi connectivity index (χ1n) is 8.33. The van der Waals surface area contributed by atoms with Crippen LogP contribution in [-0.4, -0.2) is 64.5 Å². The van der Waals surface area contributed by atoms with Crippen molar-refractivity contribution in [3.05, 3.63) is 0 Å². The predicted octanol–water partition coefficient (Wildman–Crippen LogP) is 0.875. The number of nitrogens with zero attached hydrogens (tertiary/aromatic N) is 2. The van der Waals surface area contributed by atoms with Gasteiger partial charge in [-0.15, -0.1) is 0 Å². The molecule has 128 valence electrons. The molecule has 3 aliphatic heterocycles. The fourth-order valence-electron chi connectivity index (χ4n) is 3.83. The average molecular weight is 323 g/mol. The van der Waals surface area contributed by atoms with Crippen LogP contribution in [0.3, 0.4) is 0 Å². The fraction of sp³-hybridized carbons (Fsp3) is 0.812. The highest BCUT2D eigenvalue weighted by Gasteiger charge is 2.47. The van der Waals surface area contributed by atoms with E-state index in [1.165, 1.54) is 0 Å². The predicted molar refractivity (Wildman–Crippen MR) is 82.6 cm³/mol. The molecule has 3 amide bonds. The molecule has 0 aromatic rings. The first kappa shape index (κ1) is 16.2. The summed E-state index contributed by atoms with van der Waals surface area (Å²) in [5, 5.41) is 2.42. The highest BCUT2D eigenvalue weighted by Crippen LogP contribution is 2.33. The van der Waals surface area contributed by atoms with E-state index in [1.54, 1.807) is 0 Å². The van der Waals surface area contributed by atoms with Gasteiger partial charge in [0.25, 0.3) is 0 Å². The number of rotatable bonds is 1. The molecule has 0 spiro atoms. The molecular formula is C16H25N3O4. The third-order valence-electron chi connectivity index (χ3n) is 4.77. The van der Waals surface area contributed by atoms with Crippen LogP contribution in [0.25, 0.3) is 0 Å². The van der Waals surface area contributed by atoms with Gasteiger partial charge in [0.2, 0.25) is 11.8 Å². The standard InChI is InChI=1S/C16H25N3O4/c1-16(2,3)23-15(22)19-10-4-5-11(19)9-18(8-10)12-6-7-13(20)17-14(12)21/h10-12H,4-9H2,1-3H3,(H,17,20,21). The molecule has 0 saturated carbocycles. The molecular weight excluding hydrogens is 298 g/mol. The van der Waals surface area contributed by atoms with Crippen LogP contribution in [0.15, 0.2) is 0 Å². The van der Waals surface area contributed by atoms with E-state index in [4.69, 9.17) is 4.74 Å². The molecule has 23 heavy (non-hydrogen) atoms. The zero-order valence-electron chi connectivity index (χ0n) is 14.0. The molecule has 2 bridgehead atoms. The van der Waals surface area contributed by atoms with Gasteiger partial charge in [-0.1, -0.05) is 0 Å². The summed E-state index contributed by atoms with van der Waals surface area (Å²) in [6.45, 7) is 6.94. The Morgan fingerprint density at radius 3 is 2.26 bits per heavy atom. The summed E-state index contributed by atoms with van der Waals surface area (Å²) in [6.07, 6.45) is 2.57. The van der Waals surface area contributed by atoms with Crippen molar-refractivity contribution in [1.82, 2.24) is 15.1 Å². The Kier molecular flexibility index (Phi) is 4.08. The number of fused-ring (bicyclic) bond motifs is 2. The maximum Gasteiger partial charge on any atom is 0.410 e. The zero-order valence-corrected chi connectivity index (χ0v) is 14.0. The minimum atomic E-state index is -0.503. The second-order valence-electron chi connectivity index (χ2n) is 7.69. The monoisotopic (exact) mass is 323 g/mol. The van der Waals surface area contributed by atoms with Gasteiger partial charge in [0.1, 0.15) is 5.60 Å². The van der Waals surface area contributed by atoms with Crippen molar-refractivity contribution < 1.29 is 19.1 Å². The number of piperidine rings is 1. The Hall–Kier alpha value is -1.63. The topological polar surface area (TPSA) is 79.0 Å². The van der Waals surface area contributed by atoms with Crippen LogP contribution in [0.5, 0.6) is 0 Å². The van der Waals surface area contributed by atoms with Crippen molar-refractivity contribution in [1.29, 1.82) is 0 Å². The first-order chi connectivity index (χ1) is 10.7. The Balaban J connectivity index is 1.66. The van der Waals surface area contributed by atoms with Crippen LogP contribution in [0, 0.1) is 0 Å². The molecule has 3 unspecified atom stereocenters. The average Bonchev–Trinajstić information content (AvgIpc) is 2.68. The van der Waals surface area contributed by atoms with E-state index in [0.717, 1.165) is 12.8 Å². The van der Waals surface area contributed by atoms with Crippen LogP contribution in [-0.2, 0) is 14.3 Å². The molecule has 1 N–H and O–H groups in total. The lowest BCUT2D eigenvalue weighted by molar-refractivity contribution is -0.138. The summed E-state index contributed by atoms with van der Waals surface area (Å²) < 4.78 is 5.52. The second kappa shape index (κ2) is 5.78. The van der Waals surface area contributed by atoms with Crippen LogP contribution >= 0.6 is 0 Å². The summed E-state index contributed by atoms with van der Waals surface area (Å²) in [5.41, 5.74) is -0.503. The van der Waals surface area contributed by atoms with E-state index >= 15 is 0 Å². The number of carbonyl (C=O) groups is 3. The molecule has 0 aliphatic carbocycles. The molecule has 0 aromatic carbocycles. The zero-order chi connectivity index (χ0) is 16.8. The smallest absolute Gasteiger partial charge is 0.410 e. The lowest BCUT2D eigenvalue weighted by atomic mass is 10.0. The molecule has 3 saturated heterocycles. The number of ether oxygens (including phenoxy) is 1. The molecule has 3 heterocycles. The van der Waals surface area contributed by atoms with E-state index in [9.17, 15) is 14.4 Å². The Bertz CT molecular complexity index is 514. The highest BCUT2D eigenvalue weighted by atomic mass is 16.6. The number of piperazine rings is 1. The minimum Gasteiger partial charge on any atom is -0.444 e. The largest absolute Gasteiger partial charge is 0.444 e. The summed E-state index contributed by atoms with van der Waals surface area (Å²) in [5.74, 6) is -0.395. The van der Waals surface area contributed by atoms with Gasteiger partial charge in [0, 0.05) is 31.6 Å². The number of hydrogen-bond acceptors (Lipinski definition) is 5. The third-order valence-corrected chi connectivity index (χ3v) is 4.77. The van der Waals surface area contributed by atoms with Gasteiger partial charge in [-0.05, 0) is 40.0 Å². The van der Waals surface area contributed by atoms with E-state index in [-0.39, 0.29) is 36.0 Å². The first-order valence-corrected chi connectivity index (χ1v) is 8.33. The van der Waals surface area contributed by atoms with Gasteiger partial charge in [-0.2, -0.15) is 0 Å². The molecule has 7 heteroatoms. The molecule has 0 radical (unpaired) electrons. The van der Waals surface area contributed by atoms with Crippen molar-refractivity contribution in [3.63, 3.8) is 0 Å². The fourth-order valence-corrected chi connectivity index (χ4v) is 3.83. The van der Waals surface area contributed by atoms with Gasteiger partial charge in [-0.3, -0.25) is 24.7 Å². The van der Waals surface area contributed by atoms with Crippen LogP contribution in [0.4, 0.5) is 4.79 Å². The number of imide groups is 1. The lowest BCUT2D eigenvalue weighted by Gasteiger charge is -2.44. The van der Waals surface area contributed by atoms with Crippen molar-refractivity contribution in [3.8, 4) is 0 Å². The maximum absolute atomic E-state index is 12.4. The Morgan fingerprint density at radius 1 is 1.13 bits per heavy atom. The second-order valence-corrected chi connectivity index (χ2v) is 7.69. The van der Waals surface area contributed by atoms with Crippen LogP contribution < -0.4 is 5.32 Å². The number of likely N-dealkylation sites (tertiary alicyclic amines) is 1. The lowest BCUT2D eigenvalue weighted by Crippen LogP contribution is -2.62. The van der Waals surface area contributed by atoms with Gasteiger partial charge < -0.3 is 4.74 Å². The van der Waals surface area contributed by atoms with Crippen molar-refractivity contribution >= 4 is 17.9 Å². The molecule has 3 fully saturated rings.